The highest BCUT2D eigenvalue weighted by molar-refractivity contribution is 5.78. The van der Waals surface area contributed by atoms with Crippen molar-refractivity contribution < 1.29 is 19.0 Å². The quantitative estimate of drug-likeness (QED) is 0.554. The number of carboxylic acid groups (broad SMARTS) is 1. The molecule has 3 aromatic rings. The molecule has 0 radical (unpaired) electrons. The van der Waals surface area contributed by atoms with Gasteiger partial charge < -0.3 is 15.2 Å². The van der Waals surface area contributed by atoms with Crippen molar-refractivity contribution in [1.82, 2.24) is 9.97 Å². The zero-order valence-electron chi connectivity index (χ0n) is 16.3. The van der Waals surface area contributed by atoms with Crippen LogP contribution in [0, 0.1) is 11.7 Å². The van der Waals surface area contributed by atoms with Crippen molar-refractivity contribution in [2.45, 2.75) is 25.3 Å². The summed E-state index contributed by atoms with van der Waals surface area (Å²) in [5.74, 6) is -0.542. The van der Waals surface area contributed by atoms with Crippen LogP contribution in [0.5, 0.6) is 5.75 Å². The average molecular weight is 407 g/mol. The van der Waals surface area contributed by atoms with Gasteiger partial charge in [-0.2, -0.15) is 0 Å². The molecule has 0 saturated heterocycles. The van der Waals surface area contributed by atoms with Gasteiger partial charge in [0.05, 0.1) is 6.61 Å². The van der Waals surface area contributed by atoms with Gasteiger partial charge in [0, 0.05) is 12.0 Å². The van der Waals surface area contributed by atoms with Gasteiger partial charge in [-0.25, -0.2) is 19.2 Å². The van der Waals surface area contributed by atoms with Crippen molar-refractivity contribution in [1.29, 1.82) is 0 Å². The molecule has 2 aromatic carbocycles. The molecule has 1 fully saturated rings. The zero-order chi connectivity index (χ0) is 20.9. The molecule has 4 rings (SSSR count). The zero-order valence-corrected chi connectivity index (χ0v) is 16.3. The van der Waals surface area contributed by atoms with Crippen LogP contribution in [-0.2, 0) is 11.2 Å². The minimum absolute atomic E-state index is 0.102. The Kier molecular flexibility index (Phi) is 5.88. The maximum Gasteiger partial charge on any atom is 0.326 e. The molecule has 1 unspecified atom stereocenters. The molecule has 2 N–H and O–H groups in total. The Labute approximate surface area is 173 Å². The predicted molar refractivity (Wildman–Crippen MR) is 111 cm³/mol. The monoisotopic (exact) mass is 407 g/mol. The Bertz CT molecular complexity index is 1010. The Balaban J connectivity index is 1.50. The number of carbonyl (C=O) groups is 1. The predicted octanol–water partition coefficient (Wildman–Crippen LogP) is 4.18. The van der Waals surface area contributed by atoms with Gasteiger partial charge in [-0.15, -0.1) is 0 Å². The van der Waals surface area contributed by atoms with Crippen LogP contribution in [-0.4, -0.2) is 33.7 Å². The van der Waals surface area contributed by atoms with Gasteiger partial charge in [0.25, 0.3) is 0 Å². The molecule has 7 heteroatoms. The van der Waals surface area contributed by atoms with E-state index in [1.807, 2.05) is 30.3 Å². The van der Waals surface area contributed by atoms with E-state index in [9.17, 15) is 9.90 Å². The molecule has 0 aliphatic heterocycles. The molecule has 0 bridgehead atoms. The van der Waals surface area contributed by atoms with E-state index >= 15 is 4.39 Å². The van der Waals surface area contributed by atoms with Gasteiger partial charge in [0.2, 0.25) is 0 Å². The average Bonchev–Trinajstić information content (AvgIpc) is 3.59. The second-order valence-electron chi connectivity index (χ2n) is 7.39. The molecular weight excluding hydrogens is 385 g/mol. The van der Waals surface area contributed by atoms with E-state index in [-0.39, 0.29) is 17.9 Å². The molecule has 1 saturated carbocycles. The van der Waals surface area contributed by atoms with Crippen molar-refractivity contribution in [2.75, 3.05) is 11.9 Å². The topological polar surface area (TPSA) is 84.3 Å². The molecule has 1 aliphatic rings. The molecule has 1 heterocycles. The standard InChI is InChI=1S/C23H22FN3O3/c24-20-21(17-8-10-18(11-9-17)30-13-16-6-7-16)25-14-26-22(20)27-19(23(28)29)12-15-4-2-1-3-5-15/h1-5,8-11,14,16,19H,6-7,12-13H2,(H,28,29)(H,25,26,27). The number of nitrogens with one attached hydrogen (secondary N) is 1. The first-order valence-electron chi connectivity index (χ1n) is 9.87. The number of aromatic nitrogens is 2. The summed E-state index contributed by atoms with van der Waals surface area (Å²) in [5, 5.41) is 12.3. The van der Waals surface area contributed by atoms with Crippen LogP contribution in [0.3, 0.4) is 0 Å². The number of rotatable bonds is 9. The molecule has 30 heavy (non-hydrogen) atoms. The highest BCUT2D eigenvalue weighted by atomic mass is 19.1. The number of aliphatic carboxylic acids is 1. The lowest BCUT2D eigenvalue weighted by molar-refractivity contribution is -0.137. The molecular formula is C23H22FN3O3. The van der Waals surface area contributed by atoms with E-state index in [1.54, 1.807) is 24.3 Å². The normalized spacial score (nSPS) is 14.2. The summed E-state index contributed by atoms with van der Waals surface area (Å²) in [4.78, 5) is 19.6. The largest absolute Gasteiger partial charge is 0.493 e. The summed E-state index contributed by atoms with van der Waals surface area (Å²) in [7, 11) is 0. The first-order valence-corrected chi connectivity index (χ1v) is 9.87. The summed E-state index contributed by atoms with van der Waals surface area (Å²) >= 11 is 0. The molecule has 1 aliphatic carbocycles. The smallest absolute Gasteiger partial charge is 0.326 e. The SMILES string of the molecule is O=C(O)C(Cc1ccccc1)Nc1ncnc(-c2ccc(OCC3CC3)cc2)c1F. The van der Waals surface area contributed by atoms with Crippen LogP contribution in [0.2, 0.25) is 0 Å². The maximum atomic E-state index is 15.1. The van der Waals surface area contributed by atoms with Crippen LogP contribution in [0.25, 0.3) is 11.3 Å². The fourth-order valence-electron chi connectivity index (χ4n) is 3.09. The highest BCUT2D eigenvalue weighted by Crippen LogP contribution is 2.30. The minimum Gasteiger partial charge on any atom is -0.493 e. The van der Waals surface area contributed by atoms with Crippen molar-refractivity contribution >= 4 is 11.8 Å². The van der Waals surface area contributed by atoms with Crippen LogP contribution >= 0.6 is 0 Å². The summed E-state index contributed by atoms with van der Waals surface area (Å²) in [6.07, 6.45) is 3.84. The Morgan fingerprint density at radius 1 is 1.13 bits per heavy atom. The summed E-state index contributed by atoms with van der Waals surface area (Å²) < 4.78 is 20.8. The molecule has 1 aromatic heterocycles. The van der Waals surface area contributed by atoms with E-state index in [0.717, 1.165) is 11.3 Å². The van der Waals surface area contributed by atoms with Crippen LogP contribution in [0.1, 0.15) is 18.4 Å². The first kappa shape index (κ1) is 19.8. The number of carboxylic acids is 1. The van der Waals surface area contributed by atoms with Crippen molar-refractivity contribution in [3.05, 3.63) is 72.3 Å². The summed E-state index contributed by atoms with van der Waals surface area (Å²) in [6, 6.07) is 15.2. The number of anilines is 1. The molecule has 0 amide bonds. The van der Waals surface area contributed by atoms with Gasteiger partial charge in [-0.3, -0.25) is 0 Å². The third-order valence-electron chi connectivity index (χ3n) is 4.99. The van der Waals surface area contributed by atoms with Crippen LogP contribution in [0.4, 0.5) is 10.2 Å². The number of halogens is 1. The third kappa shape index (κ3) is 4.92. The lowest BCUT2D eigenvalue weighted by Crippen LogP contribution is -2.32. The third-order valence-corrected chi connectivity index (χ3v) is 4.99. The number of ether oxygens (including phenoxy) is 1. The summed E-state index contributed by atoms with van der Waals surface area (Å²) in [5.41, 5.74) is 1.49. The van der Waals surface area contributed by atoms with Gasteiger partial charge in [0.1, 0.15) is 23.8 Å². The van der Waals surface area contributed by atoms with Gasteiger partial charge in [0.15, 0.2) is 11.6 Å². The van der Waals surface area contributed by atoms with E-state index in [2.05, 4.69) is 15.3 Å². The Morgan fingerprint density at radius 3 is 2.53 bits per heavy atom. The lowest BCUT2D eigenvalue weighted by atomic mass is 10.1. The van der Waals surface area contributed by atoms with Gasteiger partial charge in [-0.05, 0) is 48.6 Å². The van der Waals surface area contributed by atoms with E-state index in [4.69, 9.17) is 4.74 Å². The number of nitrogens with zero attached hydrogens (tertiary/aromatic N) is 2. The van der Waals surface area contributed by atoms with Crippen LogP contribution in [0.15, 0.2) is 60.9 Å². The first-order chi connectivity index (χ1) is 14.6. The van der Waals surface area contributed by atoms with Crippen LogP contribution < -0.4 is 10.1 Å². The Morgan fingerprint density at radius 2 is 1.87 bits per heavy atom. The Hall–Kier alpha value is -3.48. The van der Waals surface area contributed by atoms with E-state index in [1.165, 1.54) is 19.2 Å². The van der Waals surface area contributed by atoms with E-state index in [0.29, 0.717) is 18.1 Å². The second-order valence-corrected chi connectivity index (χ2v) is 7.39. The van der Waals surface area contributed by atoms with E-state index < -0.39 is 17.8 Å². The lowest BCUT2D eigenvalue weighted by Gasteiger charge is -2.16. The number of benzene rings is 2. The maximum absolute atomic E-state index is 15.1. The summed E-state index contributed by atoms with van der Waals surface area (Å²) in [6.45, 7) is 0.702. The fourth-order valence-corrected chi connectivity index (χ4v) is 3.09. The van der Waals surface area contributed by atoms with Gasteiger partial charge >= 0.3 is 5.97 Å². The molecule has 1 atom stereocenters. The van der Waals surface area contributed by atoms with Gasteiger partial charge in [-0.1, -0.05) is 30.3 Å². The van der Waals surface area contributed by atoms with Crippen molar-refractivity contribution in [2.24, 2.45) is 5.92 Å². The van der Waals surface area contributed by atoms with Crippen molar-refractivity contribution in [3.63, 3.8) is 0 Å². The molecule has 6 nitrogen and oxygen atoms in total. The minimum atomic E-state index is -1.09. The second kappa shape index (κ2) is 8.90. The number of hydrogen-bond acceptors (Lipinski definition) is 5. The molecule has 154 valence electrons. The fraction of sp³-hybridized carbons (Fsp3) is 0.261. The van der Waals surface area contributed by atoms with Crippen molar-refractivity contribution in [3.8, 4) is 17.0 Å². The highest BCUT2D eigenvalue weighted by Gasteiger charge is 2.23. The molecule has 0 spiro atoms. The number of hydrogen-bond donors (Lipinski definition) is 2.